The number of nitrogens with zero attached hydrogens (tertiary/aromatic N) is 3. The molecule has 7 heteroatoms. The zero-order valence-electron chi connectivity index (χ0n) is 15.4. The number of hydrogen-bond donors (Lipinski definition) is 0. The number of furan rings is 1. The van der Waals surface area contributed by atoms with Gasteiger partial charge in [0.05, 0.1) is 33.1 Å². The lowest BCUT2D eigenvalue weighted by atomic mass is 10.1. The van der Waals surface area contributed by atoms with Crippen LogP contribution in [0.4, 0.5) is 0 Å². The smallest absolute Gasteiger partial charge is 0.253 e. The Labute approximate surface area is 176 Å². The van der Waals surface area contributed by atoms with Crippen LogP contribution in [0.5, 0.6) is 0 Å². The van der Waals surface area contributed by atoms with Gasteiger partial charge in [0.1, 0.15) is 11.8 Å². The third-order valence-electron chi connectivity index (χ3n) is 4.76. The highest BCUT2D eigenvalue weighted by Crippen LogP contribution is 2.34. The molecule has 5 nitrogen and oxygen atoms in total. The summed E-state index contributed by atoms with van der Waals surface area (Å²) in [5, 5.41) is 10.2. The molecule has 0 saturated carbocycles. The first-order chi connectivity index (χ1) is 14.3. The third kappa shape index (κ3) is 3.71. The molecule has 1 unspecified atom stereocenters. The molecule has 1 aliphatic rings. The van der Waals surface area contributed by atoms with Gasteiger partial charge in [0.2, 0.25) is 0 Å². The van der Waals surface area contributed by atoms with Crippen LogP contribution in [-0.4, -0.2) is 27.4 Å². The van der Waals surface area contributed by atoms with Crippen LogP contribution in [0, 0.1) is 0 Å². The number of hydrazone groups is 1. The Balaban J connectivity index is 1.35. The van der Waals surface area contributed by atoms with Gasteiger partial charge < -0.3 is 4.42 Å². The second-order valence-electron chi connectivity index (χ2n) is 6.63. The molecule has 4 aromatic rings. The van der Waals surface area contributed by atoms with Gasteiger partial charge >= 0.3 is 0 Å². The summed E-state index contributed by atoms with van der Waals surface area (Å²) in [5.74, 6) is 0.962. The molecular formula is C22H17N3O2S2. The van der Waals surface area contributed by atoms with Crippen molar-refractivity contribution in [3.05, 3.63) is 82.9 Å². The van der Waals surface area contributed by atoms with Crippen molar-refractivity contribution in [3.8, 4) is 0 Å². The van der Waals surface area contributed by atoms with Crippen molar-refractivity contribution in [2.24, 2.45) is 5.10 Å². The van der Waals surface area contributed by atoms with Crippen molar-refractivity contribution in [3.63, 3.8) is 0 Å². The van der Waals surface area contributed by atoms with Crippen molar-refractivity contribution < 1.29 is 9.21 Å². The van der Waals surface area contributed by atoms with Crippen molar-refractivity contribution in [2.75, 3.05) is 5.75 Å². The van der Waals surface area contributed by atoms with E-state index in [2.05, 4.69) is 10.1 Å². The Kier molecular flexibility index (Phi) is 4.91. The molecular weight excluding hydrogens is 402 g/mol. The van der Waals surface area contributed by atoms with Gasteiger partial charge in [-0.2, -0.15) is 5.10 Å². The Morgan fingerprint density at radius 3 is 2.90 bits per heavy atom. The molecule has 5 rings (SSSR count). The lowest BCUT2D eigenvalue weighted by Crippen LogP contribution is -2.28. The van der Waals surface area contributed by atoms with E-state index in [1.165, 1.54) is 11.8 Å². The highest BCUT2D eigenvalue weighted by molar-refractivity contribution is 7.99. The molecule has 3 aromatic heterocycles. The molecule has 0 radical (unpaired) electrons. The van der Waals surface area contributed by atoms with E-state index in [1.54, 1.807) is 22.6 Å². The van der Waals surface area contributed by atoms with Gasteiger partial charge in [-0.25, -0.2) is 9.99 Å². The van der Waals surface area contributed by atoms with E-state index < -0.39 is 0 Å². The summed E-state index contributed by atoms with van der Waals surface area (Å²) in [6.07, 6.45) is 2.29. The maximum atomic E-state index is 13.0. The van der Waals surface area contributed by atoms with Crippen LogP contribution < -0.4 is 0 Å². The number of thioether (sulfide) groups is 1. The number of pyridine rings is 1. The van der Waals surface area contributed by atoms with Gasteiger partial charge in [-0.1, -0.05) is 42.1 Å². The summed E-state index contributed by atoms with van der Waals surface area (Å²) in [4.78, 5) is 18.8. The van der Waals surface area contributed by atoms with Crippen LogP contribution in [0.2, 0.25) is 0 Å². The fourth-order valence-corrected chi connectivity index (χ4v) is 4.82. The van der Waals surface area contributed by atoms with Gasteiger partial charge in [-0.15, -0.1) is 11.3 Å². The van der Waals surface area contributed by atoms with E-state index in [0.29, 0.717) is 6.42 Å². The minimum Gasteiger partial charge on any atom is -0.467 e. The lowest BCUT2D eigenvalue weighted by molar-refractivity contribution is -0.130. The second kappa shape index (κ2) is 7.85. The van der Waals surface area contributed by atoms with E-state index in [1.807, 2.05) is 66.0 Å². The Hall–Kier alpha value is -2.90. The average Bonchev–Trinajstić information content (AvgIpc) is 3.52. The van der Waals surface area contributed by atoms with Crippen molar-refractivity contribution in [2.45, 2.75) is 17.5 Å². The maximum absolute atomic E-state index is 13.0. The van der Waals surface area contributed by atoms with E-state index in [4.69, 9.17) is 4.42 Å². The predicted molar refractivity (Wildman–Crippen MR) is 116 cm³/mol. The number of carbonyl (C=O) groups excluding carboxylic acids is 1. The Morgan fingerprint density at radius 2 is 2.07 bits per heavy atom. The number of para-hydroxylation sites is 1. The lowest BCUT2D eigenvalue weighted by Gasteiger charge is -2.19. The highest BCUT2D eigenvalue weighted by Gasteiger charge is 2.35. The maximum Gasteiger partial charge on any atom is 0.253 e. The zero-order chi connectivity index (χ0) is 19.6. The summed E-state index contributed by atoms with van der Waals surface area (Å²) in [6.45, 7) is 0. The van der Waals surface area contributed by atoms with Crippen molar-refractivity contribution in [1.29, 1.82) is 0 Å². The number of thiophene rings is 1. The number of amides is 1. The fourth-order valence-electron chi connectivity index (χ4n) is 3.36. The number of benzene rings is 1. The molecule has 0 fully saturated rings. The summed E-state index contributed by atoms with van der Waals surface area (Å²) in [6, 6.07) is 19.5. The molecule has 1 aliphatic heterocycles. The van der Waals surface area contributed by atoms with E-state index >= 15 is 0 Å². The minimum atomic E-state index is -0.209. The van der Waals surface area contributed by atoms with Gasteiger partial charge in [0.15, 0.2) is 0 Å². The first kappa shape index (κ1) is 18.1. The first-order valence-electron chi connectivity index (χ1n) is 9.23. The molecule has 1 atom stereocenters. The first-order valence-corrected chi connectivity index (χ1v) is 11.1. The molecule has 1 aromatic carbocycles. The Morgan fingerprint density at radius 1 is 1.14 bits per heavy atom. The molecule has 0 aliphatic carbocycles. The van der Waals surface area contributed by atoms with Crippen molar-refractivity contribution in [1.82, 2.24) is 9.99 Å². The second-order valence-corrected chi connectivity index (χ2v) is 8.57. The summed E-state index contributed by atoms with van der Waals surface area (Å²) < 4.78 is 5.59. The number of fused-ring (bicyclic) bond motifs is 1. The summed E-state index contributed by atoms with van der Waals surface area (Å²) in [7, 11) is 0. The molecule has 144 valence electrons. The molecule has 0 bridgehead atoms. The molecule has 0 N–H and O–H groups in total. The average molecular weight is 420 g/mol. The Bertz CT molecular complexity index is 1170. The van der Waals surface area contributed by atoms with Gasteiger partial charge in [-0.05, 0) is 35.7 Å². The predicted octanol–water partition coefficient (Wildman–Crippen LogP) is 5.36. The van der Waals surface area contributed by atoms with Crippen molar-refractivity contribution >= 4 is 45.6 Å². The SMILES string of the molecule is O=C(CSc1ccc2ccccc2n1)N1N=C(c2cccs2)CC1c1ccco1. The van der Waals surface area contributed by atoms with Crippen LogP contribution in [0.3, 0.4) is 0 Å². The minimum absolute atomic E-state index is 0.0575. The quantitative estimate of drug-likeness (QED) is 0.409. The molecule has 29 heavy (non-hydrogen) atoms. The molecule has 1 amide bonds. The largest absolute Gasteiger partial charge is 0.467 e. The zero-order valence-corrected chi connectivity index (χ0v) is 17.0. The van der Waals surface area contributed by atoms with Crippen LogP contribution in [-0.2, 0) is 4.79 Å². The van der Waals surface area contributed by atoms with Gasteiger partial charge in [-0.3, -0.25) is 4.79 Å². The highest BCUT2D eigenvalue weighted by atomic mass is 32.2. The number of aromatic nitrogens is 1. The summed E-state index contributed by atoms with van der Waals surface area (Å²) >= 11 is 3.06. The van der Waals surface area contributed by atoms with Crippen LogP contribution in [0.1, 0.15) is 23.1 Å². The number of carbonyl (C=O) groups is 1. The fraction of sp³-hybridized carbons (Fsp3) is 0.136. The van der Waals surface area contributed by atoms with Crippen LogP contribution >= 0.6 is 23.1 Å². The standard InChI is InChI=1S/C22H17N3O2S2/c26-22(14-29-21-10-9-15-5-1-2-6-16(15)23-21)25-18(19-7-3-11-27-19)13-17(24-25)20-8-4-12-28-20/h1-12,18H,13-14H2. The van der Waals surface area contributed by atoms with Gasteiger partial charge in [0.25, 0.3) is 5.91 Å². The number of hydrogen-bond acceptors (Lipinski definition) is 6. The third-order valence-corrected chi connectivity index (χ3v) is 6.59. The molecule has 0 saturated heterocycles. The van der Waals surface area contributed by atoms with E-state index in [9.17, 15) is 4.79 Å². The topological polar surface area (TPSA) is 58.7 Å². The van der Waals surface area contributed by atoms with Gasteiger partial charge in [0, 0.05) is 11.8 Å². The summed E-state index contributed by atoms with van der Waals surface area (Å²) in [5.41, 5.74) is 1.85. The van der Waals surface area contributed by atoms with Crippen LogP contribution in [0.25, 0.3) is 10.9 Å². The molecule has 0 spiro atoms. The van der Waals surface area contributed by atoms with E-state index in [0.717, 1.165) is 32.3 Å². The number of rotatable bonds is 5. The normalized spacial score (nSPS) is 16.3. The van der Waals surface area contributed by atoms with Crippen LogP contribution in [0.15, 0.2) is 86.9 Å². The van der Waals surface area contributed by atoms with E-state index in [-0.39, 0.29) is 17.7 Å². The molecule has 4 heterocycles. The monoisotopic (exact) mass is 419 g/mol.